The summed E-state index contributed by atoms with van der Waals surface area (Å²) in [5, 5.41) is 2.69. The molecule has 2 rings (SSSR count). The molecule has 0 spiro atoms. The number of ether oxygens (including phenoxy) is 2. The smallest absolute Gasteiger partial charge is 0.161 e. The van der Waals surface area contributed by atoms with Gasteiger partial charge in [0.15, 0.2) is 11.6 Å². The lowest BCUT2D eigenvalue weighted by Gasteiger charge is -2.23. The van der Waals surface area contributed by atoms with Gasteiger partial charge in [0.25, 0.3) is 0 Å². The molecule has 6 heteroatoms. The first-order chi connectivity index (χ1) is 8.16. The summed E-state index contributed by atoms with van der Waals surface area (Å²) in [4.78, 5) is 0. The average Bonchev–Trinajstić information content (AvgIpc) is 2.33. The molecule has 0 aliphatic carbocycles. The van der Waals surface area contributed by atoms with Crippen molar-refractivity contribution in [3.05, 3.63) is 29.6 Å². The Hall–Kier alpha value is -1.27. The van der Waals surface area contributed by atoms with Crippen molar-refractivity contribution in [1.82, 2.24) is 0 Å². The van der Waals surface area contributed by atoms with E-state index >= 15 is 0 Å². The minimum Gasteiger partial charge on any atom is -0.380 e. The molecule has 1 aromatic carbocycles. The van der Waals surface area contributed by atoms with Gasteiger partial charge in [0.05, 0.1) is 18.4 Å². The van der Waals surface area contributed by atoms with Crippen LogP contribution >= 0.6 is 0 Å². The maximum atomic E-state index is 13.2. The highest BCUT2D eigenvalue weighted by molar-refractivity contribution is 5.45. The van der Waals surface area contributed by atoms with E-state index in [0.717, 1.165) is 6.07 Å². The minimum atomic E-state index is -1.20. The van der Waals surface area contributed by atoms with Gasteiger partial charge >= 0.3 is 0 Å². The standard InChI is InChI=1S/C11H12F3NO2/c12-8-3-10(14)11(4-9(8)13)15-5-7-1-2-16-6-17-7/h3-4,7,15H,1-2,5-6H2. The molecule has 0 amide bonds. The minimum absolute atomic E-state index is 0.0704. The van der Waals surface area contributed by atoms with Gasteiger partial charge in [-0.05, 0) is 6.42 Å². The van der Waals surface area contributed by atoms with Gasteiger partial charge in [-0.15, -0.1) is 0 Å². The van der Waals surface area contributed by atoms with Crippen LogP contribution in [0.5, 0.6) is 0 Å². The summed E-state index contributed by atoms with van der Waals surface area (Å²) in [5.41, 5.74) is -0.0704. The van der Waals surface area contributed by atoms with Crippen LogP contribution in [-0.4, -0.2) is 26.0 Å². The third-order valence-corrected chi connectivity index (χ3v) is 2.50. The number of hydrogen-bond acceptors (Lipinski definition) is 3. The Bertz CT molecular complexity index is 395. The van der Waals surface area contributed by atoms with Crippen LogP contribution in [0.4, 0.5) is 18.9 Å². The number of benzene rings is 1. The topological polar surface area (TPSA) is 30.5 Å². The quantitative estimate of drug-likeness (QED) is 0.831. The Kier molecular flexibility index (Phi) is 3.86. The van der Waals surface area contributed by atoms with Crippen LogP contribution in [0.2, 0.25) is 0 Å². The second-order valence-electron chi connectivity index (χ2n) is 3.73. The van der Waals surface area contributed by atoms with Gasteiger partial charge in [0, 0.05) is 18.7 Å². The first-order valence-electron chi connectivity index (χ1n) is 5.24. The Labute approximate surface area is 96.5 Å². The van der Waals surface area contributed by atoms with E-state index in [9.17, 15) is 13.2 Å². The summed E-state index contributed by atoms with van der Waals surface area (Å²) >= 11 is 0. The lowest BCUT2D eigenvalue weighted by Crippen LogP contribution is -2.30. The molecule has 3 nitrogen and oxygen atoms in total. The van der Waals surface area contributed by atoms with Crippen molar-refractivity contribution in [1.29, 1.82) is 0 Å². The van der Waals surface area contributed by atoms with Crippen molar-refractivity contribution in [3.8, 4) is 0 Å². The van der Waals surface area contributed by atoms with Crippen molar-refractivity contribution in [2.75, 3.05) is 25.3 Å². The molecule has 1 atom stereocenters. The van der Waals surface area contributed by atoms with E-state index in [1.165, 1.54) is 0 Å². The number of hydrogen-bond donors (Lipinski definition) is 1. The zero-order chi connectivity index (χ0) is 12.3. The van der Waals surface area contributed by atoms with Crippen LogP contribution in [0.1, 0.15) is 6.42 Å². The molecule has 1 N–H and O–H groups in total. The number of nitrogens with one attached hydrogen (secondary N) is 1. The zero-order valence-corrected chi connectivity index (χ0v) is 9.01. The molecule has 0 saturated carbocycles. The van der Waals surface area contributed by atoms with Crippen molar-refractivity contribution in [2.45, 2.75) is 12.5 Å². The first-order valence-corrected chi connectivity index (χ1v) is 5.24. The van der Waals surface area contributed by atoms with Crippen molar-refractivity contribution in [3.63, 3.8) is 0 Å². The molecule has 1 aliphatic rings. The van der Waals surface area contributed by atoms with Gasteiger partial charge in [-0.2, -0.15) is 0 Å². The lowest BCUT2D eigenvalue weighted by molar-refractivity contribution is -0.133. The Morgan fingerprint density at radius 2 is 1.94 bits per heavy atom. The van der Waals surface area contributed by atoms with Crippen molar-refractivity contribution in [2.24, 2.45) is 0 Å². The van der Waals surface area contributed by atoms with E-state index in [1.807, 2.05) is 0 Å². The molecular formula is C11H12F3NO2. The van der Waals surface area contributed by atoms with E-state index in [-0.39, 0.29) is 18.6 Å². The maximum absolute atomic E-state index is 13.2. The molecule has 1 aliphatic heterocycles. The summed E-state index contributed by atoms with van der Waals surface area (Å²) in [7, 11) is 0. The molecular weight excluding hydrogens is 235 g/mol. The molecule has 0 radical (unpaired) electrons. The van der Waals surface area contributed by atoms with Crippen LogP contribution in [0.15, 0.2) is 12.1 Å². The Morgan fingerprint density at radius 3 is 2.65 bits per heavy atom. The summed E-state index contributed by atoms with van der Waals surface area (Å²) < 4.78 is 49.0. The van der Waals surface area contributed by atoms with Crippen LogP contribution in [-0.2, 0) is 9.47 Å². The summed E-state index contributed by atoms with van der Waals surface area (Å²) in [6, 6.07) is 1.31. The van der Waals surface area contributed by atoms with Crippen LogP contribution in [0.3, 0.4) is 0 Å². The average molecular weight is 247 g/mol. The van der Waals surface area contributed by atoms with E-state index in [1.54, 1.807) is 0 Å². The van der Waals surface area contributed by atoms with E-state index in [4.69, 9.17) is 9.47 Å². The molecule has 1 unspecified atom stereocenters. The van der Waals surface area contributed by atoms with Gasteiger partial charge in [-0.3, -0.25) is 0 Å². The normalized spacial score (nSPS) is 20.3. The monoisotopic (exact) mass is 247 g/mol. The van der Waals surface area contributed by atoms with Crippen molar-refractivity contribution >= 4 is 5.69 Å². The molecule has 1 aromatic rings. The summed E-state index contributed by atoms with van der Waals surface area (Å²) in [5.74, 6) is -3.10. The van der Waals surface area contributed by atoms with Crippen LogP contribution in [0.25, 0.3) is 0 Å². The second kappa shape index (κ2) is 5.37. The highest BCUT2D eigenvalue weighted by atomic mass is 19.2. The third-order valence-electron chi connectivity index (χ3n) is 2.50. The van der Waals surface area contributed by atoms with Gasteiger partial charge in [0.2, 0.25) is 0 Å². The summed E-state index contributed by atoms with van der Waals surface area (Å²) in [6.45, 7) is 1.10. The van der Waals surface area contributed by atoms with Crippen molar-refractivity contribution < 1.29 is 22.6 Å². The molecule has 94 valence electrons. The fourth-order valence-electron chi connectivity index (χ4n) is 1.54. The van der Waals surface area contributed by atoms with Gasteiger partial charge in [0.1, 0.15) is 12.6 Å². The van der Waals surface area contributed by atoms with Crippen LogP contribution < -0.4 is 5.32 Å². The highest BCUT2D eigenvalue weighted by Crippen LogP contribution is 2.19. The number of anilines is 1. The Balaban J connectivity index is 1.96. The highest BCUT2D eigenvalue weighted by Gasteiger charge is 2.15. The van der Waals surface area contributed by atoms with Gasteiger partial charge < -0.3 is 14.8 Å². The van der Waals surface area contributed by atoms with Gasteiger partial charge in [-0.25, -0.2) is 13.2 Å². The fourth-order valence-corrected chi connectivity index (χ4v) is 1.54. The molecule has 0 bridgehead atoms. The van der Waals surface area contributed by atoms with Gasteiger partial charge in [-0.1, -0.05) is 0 Å². The predicted molar refractivity (Wildman–Crippen MR) is 55.1 cm³/mol. The second-order valence-corrected chi connectivity index (χ2v) is 3.73. The zero-order valence-electron chi connectivity index (χ0n) is 9.01. The molecule has 0 aromatic heterocycles. The van der Waals surface area contributed by atoms with E-state index in [2.05, 4.69) is 5.32 Å². The van der Waals surface area contributed by atoms with E-state index in [0.29, 0.717) is 25.6 Å². The molecule has 1 heterocycles. The lowest BCUT2D eigenvalue weighted by atomic mass is 10.2. The number of rotatable bonds is 3. The third kappa shape index (κ3) is 3.10. The predicted octanol–water partition coefficient (Wildman–Crippen LogP) is 2.28. The summed E-state index contributed by atoms with van der Waals surface area (Å²) in [6.07, 6.45) is 0.564. The fraction of sp³-hybridized carbons (Fsp3) is 0.455. The number of halogens is 3. The Morgan fingerprint density at radius 1 is 1.18 bits per heavy atom. The van der Waals surface area contributed by atoms with E-state index < -0.39 is 17.5 Å². The molecule has 17 heavy (non-hydrogen) atoms. The van der Waals surface area contributed by atoms with Crippen LogP contribution in [0, 0.1) is 17.5 Å². The largest absolute Gasteiger partial charge is 0.380 e. The first kappa shape index (κ1) is 12.2. The molecule has 1 fully saturated rings. The SMILES string of the molecule is Fc1cc(F)c(NCC2CCOCO2)cc1F. The maximum Gasteiger partial charge on any atom is 0.161 e. The molecule has 1 saturated heterocycles.